The number of esters is 1. The van der Waals surface area contributed by atoms with E-state index in [-0.39, 0.29) is 17.9 Å². The molecule has 1 aliphatic rings. The van der Waals surface area contributed by atoms with Crippen molar-refractivity contribution < 1.29 is 14.3 Å². The first-order valence-corrected chi connectivity index (χ1v) is 6.17. The lowest BCUT2D eigenvalue weighted by Crippen LogP contribution is -2.49. The summed E-state index contributed by atoms with van der Waals surface area (Å²) in [6.45, 7) is 3.21. The monoisotopic (exact) mass is 242 g/mol. The third kappa shape index (κ3) is 4.34. The highest BCUT2D eigenvalue weighted by atomic mass is 16.5. The molecule has 1 rings (SSSR count). The second kappa shape index (κ2) is 6.59. The summed E-state index contributed by atoms with van der Waals surface area (Å²) >= 11 is 0. The van der Waals surface area contributed by atoms with Crippen LogP contribution in [-0.2, 0) is 14.3 Å². The molecular formula is C12H22N2O3. The van der Waals surface area contributed by atoms with Gasteiger partial charge in [0.05, 0.1) is 7.11 Å². The van der Waals surface area contributed by atoms with Crippen LogP contribution in [0.25, 0.3) is 0 Å². The standard InChI is InChI=1S/C12H22N2O3/c1-3-11(15)14-7-9(6-10(13)8-14)4-5-12(16)17-2/h9-10H,3-8,13H2,1-2H3. The molecule has 2 N–H and O–H groups in total. The van der Waals surface area contributed by atoms with Crippen molar-refractivity contribution in [1.82, 2.24) is 4.90 Å². The first kappa shape index (κ1) is 14.0. The highest BCUT2D eigenvalue weighted by Gasteiger charge is 2.27. The topological polar surface area (TPSA) is 72.6 Å². The third-order valence-electron chi connectivity index (χ3n) is 3.21. The number of ether oxygens (including phenoxy) is 1. The number of rotatable bonds is 4. The molecule has 0 bridgehead atoms. The summed E-state index contributed by atoms with van der Waals surface area (Å²) in [5.41, 5.74) is 5.94. The van der Waals surface area contributed by atoms with Crippen LogP contribution in [0, 0.1) is 5.92 Å². The van der Waals surface area contributed by atoms with Crippen LogP contribution in [0.4, 0.5) is 0 Å². The minimum atomic E-state index is -0.197. The van der Waals surface area contributed by atoms with Crippen LogP contribution >= 0.6 is 0 Å². The second-order valence-corrected chi connectivity index (χ2v) is 4.63. The van der Waals surface area contributed by atoms with Gasteiger partial charge >= 0.3 is 5.97 Å². The number of nitrogens with zero attached hydrogens (tertiary/aromatic N) is 1. The van der Waals surface area contributed by atoms with Gasteiger partial charge in [-0.05, 0) is 18.8 Å². The van der Waals surface area contributed by atoms with Gasteiger partial charge < -0.3 is 15.4 Å². The van der Waals surface area contributed by atoms with E-state index in [1.165, 1.54) is 7.11 Å². The van der Waals surface area contributed by atoms with Crippen LogP contribution in [0.2, 0.25) is 0 Å². The predicted molar refractivity (Wildman–Crippen MR) is 64.2 cm³/mol. The van der Waals surface area contributed by atoms with Gasteiger partial charge in [-0.1, -0.05) is 6.92 Å². The highest BCUT2D eigenvalue weighted by Crippen LogP contribution is 2.21. The maximum Gasteiger partial charge on any atom is 0.305 e. The van der Waals surface area contributed by atoms with Crippen molar-refractivity contribution in [3.8, 4) is 0 Å². The van der Waals surface area contributed by atoms with E-state index in [1.54, 1.807) is 0 Å². The minimum Gasteiger partial charge on any atom is -0.469 e. The fraction of sp³-hybridized carbons (Fsp3) is 0.833. The fourth-order valence-corrected chi connectivity index (χ4v) is 2.31. The van der Waals surface area contributed by atoms with Crippen LogP contribution in [0.5, 0.6) is 0 Å². The summed E-state index contributed by atoms with van der Waals surface area (Å²) in [7, 11) is 1.39. The number of nitrogens with two attached hydrogens (primary N) is 1. The summed E-state index contributed by atoms with van der Waals surface area (Å²) < 4.78 is 4.61. The first-order chi connectivity index (χ1) is 8.06. The molecule has 0 radical (unpaired) electrons. The van der Waals surface area contributed by atoms with Crippen LogP contribution in [-0.4, -0.2) is 43.0 Å². The van der Waals surface area contributed by atoms with Gasteiger partial charge in [0.2, 0.25) is 5.91 Å². The van der Waals surface area contributed by atoms with E-state index >= 15 is 0 Å². The molecule has 2 unspecified atom stereocenters. The molecule has 1 aliphatic heterocycles. The molecule has 1 heterocycles. The molecule has 2 atom stereocenters. The molecule has 5 heteroatoms. The number of hydrogen-bond donors (Lipinski definition) is 1. The summed E-state index contributed by atoms with van der Waals surface area (Å²) in [6, 6.07) is 0.0295. The number of likely N-dealkylation sites (tertiary alicyclic amines) is 1. The average Bonchev–Trinajstić information content (AvgIpc) is 2.34. The zero-order valence-electron chi connectivity index (χ0n) is 10.6. The Morgan fingerprint density at radius 3 is 2.71 bits per heavy atom. The van der Waals surface area contributed by atoms with E-state index in [4.69, 9.17) is 5.73 Å². The number of methoxy groups -OCH3 is 1. The molecule has 0 aliphatic carbocycles. The Morgan fingerprint density at radius 1 is 1.41 bits per heavy atom. The molecule has 17 heavy (non-hydrogen) atoms. The molecule has 98 valence electrons. The second-order valence-electron chi connectivity index (χ2n) is 4.63. The van der Waals surface area contributed by atoms with E-state index in [0.717, 1.165) is 19.4 Å². The lowest BCUT2D eigenvalue weighted by molar-refractivity contribution is -0.141. The van der Waals surface area contributed by atoms with E-state index in [0.29, 0.717) is 25.3 Å². The van der Waals surface area contributed by atoms with Crippen LogP contribution in [0.15, 0.2) is 0 Å². The lowest BCUT2D eigenvalue weighted by Gasteiger charge is -2.36. The van der Waals surface area contributed by atoms with E-state index in [1.807, 2.05) is 11.8 Å². The number of piperidine rings is 1. The Morgan fingerprint density at radius 2 is 2.12 bits per heavy atom. The molecule has 0 aromatic rings. The molecule has 5 nitrogen and oxygen atoms in total. The number of amides is 1. The van der Waals surface area contributed by atoms with E-state index < -0.39 is 0 Å². The summed E-state index contributed by atoms with van der Waals surface area (Å²) in [5, 5.41) is 0. The van der Waals surface area contributed by atoms with Crippen molar-refractivity contribution in [3.05, 3.63) is 0 Å². The Bertz CT molecular complexity index is 281. The normalized spacial score (nSPS) is 24.5. The maximum absolute atomic E-state index is 11.6. The van der Waals surface area contributed by atoms with Crippen LogP contribution in [0.1, 0.15) is 32.6 Å². The van der Waals surface area contributed by atoms with Crippen molar-refractivity contribution in [2.75, 3.05) is 20.2 Å². The zero-order valence-corrected chi connectivity index (χ0v) is 10.6. The molecule has 1 saturated heterocycles. The molecule has 0 spiro atoms. The third-order valence-corrected chi connectivity index (χ3v) is 3.21. The predicted octanol–water partition coefficient (Wildman–Crippen LogP) is 0.525. The van der Waals surface area contributed by atoms with Crippen LogP contribution < -0.4 is 5.73 Å². The Balaban J connectivity index is 2.44. The Labute approximate surface area is 102 Å². The smallest absolute Gasteiger partial charge is 0.305 e. The Kier molecular flexibility index (Phi) is 5.41. The van der Waals surface area contributed by atoms with Gasteiger partial charge in [0.1, 0.15) is 0 Å². The zero-order chi connectivity index (χ0) is 12.8. The van der Waals surface area contributed by atoms with Gasteiger partial charge in [0.25, 0.3) is 0 Å². The first-order valence-electron chi connectivity index (χ1n) is 6.17. The molecule has 1 amide bonds. The summed E-state index contributed by atoms with van der Waals surface area (Å²) in [4.78, 5) is 24.5. The summed E-state index contributed by atoms with van der Waals surface area (Å²) in [6.07, 6.45) is 2.54. The lowest BCUT2D eigenvalue weighted by atomic mass is 9.90. The number of carbonyl (C=O) groups excluding carboxylic acids is 2. The van der Waals surface area contributed by atoms with Gasteiger partial charge in [-0.15, -0.1) is 0 Å². The Hall–Kier alpha value is -1.10. The van der Waals surface area contributed by atoms with Crippen molar-refractivity contribution in [1.29, 1.82) is 0 Å². The SMILES string of the molecule is CCC(=O)N1CC(N)CC(CCC(=O)OC)C1. The van der Waals surface area contributed by atoms with Crippen molar-refractivity contribution in [2.45, 2.75) is 38.6 Å². The van der Waals surface area contributed by atoms with Crippen molar-refractivity contribution in [2.24, 2.45) is 11.7 Å². The highest BCUT2D eigenvalue weighted by molar-refractivity contribution is 5.76. The van der Waals surface area contributed by atoms with Crippen molar-refractivity contribution >= 4 is 11.9 Å². The van der Waals surface area contributed by atoms with Gasteiger partial charge in [0.15, 0.2) is 0 Å². The van der Waals surface area contributed by atoms with Gasteiger partial charge in [0, 0.05) is 32.0 Å². The van der Waals surface area contributed by atoms with E-state index in [2.05, 4.69) is 4.74 Å². The largest absolute Gasteiger partial charge is 0.469 e. The molecular weight excluding hydrogens is 220 g/mol. The maximum atomic E-state index is 11.6. The summed E-state index contributed by atoms with van der Waals surface area (Å²) in [5.74, 6) is 0.258. The van der Waals surface area contributed by atoms with Gasteiger partial charge in [-0.25, -0.2) is 0 Å². The van der Waals surface area contributed by atoms with Crippen molar-refractivity contribution in [3.63, 3.8) is 0 Å². The quantitative estimate of drug-likeness (QED) is 0.730. The number of hydrogen-bond acceptors (Lipinski definition) is 4. The van der Waals surface area contributed by atoms with Crippen LogP contribution in [0.3, 0.4) is 0 Å². The van der Waals surface area contributed by atoms with E-state index in [9.17, 15) is 9.59 Å². The molecule has 0 saturated carbocycles. The number of carbonyl (C=O) groups is 2. The van der Waals surface area contributed by atoms with Gasteiger partial charge in [-0.3, -0.25) is 9.59 Å². The molecule has 1 fully saturated rings. The minimum absolute atomic E-state index is 0.0295. The fourth-order valence-electron chi connectivity index (χ4n) is 2.31. The van der Waals surface area contributed by atoms with Gasteiger partial charge in [-0.2, -0.15) is 0 Å². The average molecular weight is 242 g/mol. The molecule has 0 aromatic heterocycles. The molecule has 0 aromatic carbocycles.